The first kappa shape index (κ1) is 26.2. The lowest BCUT2D eigenvalue weighted by molar-refractivity contribution is -0.210. The number of nitrogens with one attached hydrogen (secondary N) is 2. The molecule has 2 aliphatic rings. The van der Waals surface area contributed by atoms with Crippen LogP contribution in [-0.4, -0.2) is 89.4 Å². The van der Waals surface area contributed by atoms with Gasteiger partial charge < -0.3 is 25.2 Å². The van der Waals surface area contributed by atoms with E-state index in [0.717, 1.165) is 16.8 Å². The highest BCUT2D eigenvalue weighted by molar-refractivity contribution is 8.57. The highest BCUT2D eigenvalue weighted by Gasteiger charge is 2.49. The Kier molecular flexibility index (Phi) is 8.35. The van der Waals surface area contributed by atoms with Crippen LogP contribution >= 0.6 is 18.5 Å². The third-order valence-corrected chi connectivity index (χ3v) is 11.0. The number of aliphatic hydroxyl groups excluding tert-OH is 2. The summed E-state index contributed by atoms with van der Waals surface area (Å²) in [6.07, 6.45) is -4.65. The summed E-state index contributed by atoms with van der Waals surface area (Å²) >= 11 is 0.703. The van der Waals surface area contributed by atoms with E-state index in [9.17, 15) is 37.9 Å². The Morgan fingerprint density at radius 2 is 2.15 bits per heavy atom. The zero-order valence-electron chi connectivity index (χ0n) is 17.4. The fourth-order valence-corrected chi connectivity index (χ4v) is 9.42. The fourth-order valence-electron chi connectivity index (χ4n) is 3.19. The summed E-state index contributed by atoms with van der Waals surface area (Å²) in [5.74, 6) is -1.14. The number of hydrogen-bond acceptors (Lipinski definition) is 12. The zero-order valence-corrected chi connectivity index (χ0v) is 19.9. The first-order valence-electron chi connectivity index (χ1n) is 9.74. The molecule has 17 heteroatoms. The lowest BCUT2D eigenvalue weighted by atomic mass is 10.1. The summed E-state index contributed by atoms with van der Waals surface area (Å²) in [5, 5.41) is 22.1. The molecule has 2 fully saturated rings. The van der Waals surface area contributed by atoms with Crippen LogP contribution in [0.1, 0.15) is 12.6 Å². The minimum absolute atomic E-state index is 0.159. The molecule has 33 heavy (non-hydrogen) atoms. The molecule has 2 saturated heterocycles. The molecule has 2 unspecified atom stereocenters. The number of nitrogens with zero attached hydrogens (tertiary/aromatic N) is 1. The van der Waals surface area contributed by atoms with Crippen LogP contribution in [0.5, 0.6) is 0 Å². The zero-order chi connectivity index (χ0) is 24.4. The van der Waals surface area contributed by atoms with E-state index < -0.39 is 70.5 Å². The average Bonchev–Trinajstić information content (AvgIpc) is 3.24. The van der Waals surface area contributed by atoms with Crippen molar-refractivity contribution in [2.75, 3.05) is 31.8 Å². The van der Waals surface area contributed by atoms with E-state index >= 15 is 0 Å². The molecule has 6 atom stereocenters. The molecule has 0 aromatic carbocycles. The number of carbonyl (C=O) groups is 1. The predicted molar refractivity (Wildman–Crippen MR) is 115 cm³/mol. The molecule has 4 N–H and O–H groups in total. The van der Waals surface area contributed by atoms with Crippen LogP contribution in [0.25, 0.3) is 0 Å². The molecular formula is C16H24N3O11PS2. The lowest BCUT2D eigenvalue weighted by Gasteiger charge is -2.22. The van der Waals surface area contributed by atoms with Gasteiger partial charge in [-0.15, -0.1) is 0 Å². The van der Waals surface area contributed by atoms with Crippen molar-refractivity contribution in [2.45, 2.75) is 36.2 Å². The molecule has 2 aliphatic heterocycles. The Balaban J connectivity index is 1.55. The minimum Gasteiger partial charge on any atom is -0.622 e. The minimum atomic E-state index is -3.78. The highest BCUT2D eigenvalue weighted by atomic mass is 32.7. The summed E-state index contributed by atoms with van der Waals surface area (Å²) < 4.78 is 41.2. The molecule has 186 valence electrons. The third-order valence-electron chi connectivity index (χ3n) is 4.91. The van der Waals surface area contributed by atoms with Crippen LogP contribution in [0.3, 0.4) is 0 Å². The van der Waals surface area contributed by atoms with Gasteiger partial charge in [-0.05, 0) is 0 Å². The van der Waals surface area contributed by atoms with Gasteiger partial charge in [0.15, 0.2) is 16.1 Å². The van der Waals surface area contributed by atoms with Crippen LogP contribution in [0.15, 0.2) is 21.9 Å². The second kappa shape index (κ2) is 10.5. The number of rotatable bonds is 9. The highest BCUT2D eigenvalue weighted by Crippen LogP contribution is 2.70. The molecule has 3 heterocycles. The average molecular weight is 529 g/mol. The monoisotopic (exact) mass is 529 g/mol. The van der Waals surface area contributed by atoms with Crippen molar-refractivity contribution in [1.29, 1.82) is 0 Å². The first-order valence-corrected chi connectivity index (χ1v) is 14.6. The van der Waals surface area contributed by atoms with Crippen molar-refractivity contribution in [3.63, 3.8) is 0 Å². The van der Waals surface area contributed by atoms with Crippen LogP contribution in [-0.2, 0) is 28.4 Å². The third kappa shape index (κ3) is 6.61. The number of amides is 1. The van der Waals surface area contributed by atoms with Gasteiger partial charge in [-0.25, -0.2) is 13.2 Å². The number of aromatic amines is 1. The van der Waals surface area contributed by atoms with Gasteiger partial charge in [0.1, 0.15) is 31.5 Å². The van der Waals surface area contributed by atoms with E-state index in [2.05, 4.69) is 5.32 Å². The van der Waals surface area contributed by atoms with Crippen molar-refractivity contribution in [3.05, 3.63) is 33.1 Å². The maximum atomic E-state index is 12.8. The molecule has 1 aromatic heterocycles. The summed E-state index contributed by atoms with van der Waals surface area (Å²) in [7, 11) is -5.99. The van der Waals surface area contributed by atoms with E-state index in [-0.39, 0.29) is 24.5 Å². The van der Waals surface area contributed by atoms with Gasteiger partial charge >= 0.3 is 5.69 Å². The van der Waals surface area contributed by atoms with Crippen LogP contribution < -0.4 is 21.5 Å². The van der Waals surface area contributed by atoms with E-state index in [4.69, 9.17) is 13.8 Å². The molecule has 0 spiro atoms. The topological polar surface area (TPSA) is 209 Å². The van der Waals surface area contributed by atoms with Crippen molar-refractivity contribution in [2.24, 2.45) is 0 Å². The van der Waals surface area contributed by atoms with Crippen molar-refractivity contribution in [3.8, 4) is 0 Å². The van der Waals surface area contributed by atoms with E-state index in [1.807, 2.05) is 4.98 Å². The molecule has 0 saturated carbocycles. The van der Waals surface area contributed by atoms with Gasteiger partial charge in [0.05, 0.1) is 28.1 Å². The van der Waals surface area contributed by atoms with E-state index in [0.29, 0.717) is 11.4 Å². The summed E-state index contributed by atoms with van der Waals surface area (Å²) in [5.41, 5.74) is -1.51. The number of sulfone groups is 1. The molecule has 1 aromatic rings. The van der Waals surface area contributed by atoms with Gasteiger partial charge in [0, 0.05) is 25.7 Å². The number of carbonyl (C=O) groups excluding carboxylic acids is 1. The number of hydrogen-bond donors (Lipinski definition) is 4. The Bertz CT molecular complexity index is 1080. The largest absolute Gasteiger partial charge is 0.622 e. The molecule has 0 aliphatic carbocycles. The van der Waals surface area contributed by atoms with Gasteiger partial charge in [-0.1, -0.05) is 0 Å². The van der Waals surface area contributed by atoms with Gasteiger partial charge in [0.25, 0.3) is 12.7 Å². The second-order valence-corrected chi connectivity index (χ2v) is 13.9. The molecule has 0 bridgehead atoms. The van der Waals surface area contributed by atoms with Crippen LogP contribution in [0, 0.1) is 0 Å². The molecule has 1 amide bonds. The Morgan fingerprint density at radius 1 is 1.42 bits per heavy atom. The smallest absolute Gasteiger partial charge is 0.330 e. The Hall–Kier alpha value is -1.36. The standard InChI is InChI=1S/C16H24N3O11PS2/c1-17-11(20)3-5-33(26,27)8-9-6-28-31(25,32-9)29-7-10-13(22)14(23)15(30-10)19-4-2-12(21)18-16(19)24/h2,4,9-10,13-15,22-23H,3,5-8H2,1H3,(H,17,20)(H,18,21,24)/t9?,10-,13-,14-,15-,31?/m1/s1. The maximum Gasteiger partial charge on any atom is 0.330 e. The van der Waals surface area contributed by atoms with Gasteiger partial charge in [0.2, 0.25) is 5.91 Å². The van der Waals surface area contributed by atoms with Crippen LogP contribution in [0.4, 0.5) is 0 Å². The van der Waals surface area contributed by atoms with Crippen molar-refractivity contribution in [1.82, 2.24) is 14.9 Å². The summed E-state index contributed by atoms with van der Waals surface area (Å²) in [6, 6.07) is 1.04. The Morgan fingerprint density at radius 3 is 2.82 bits per heavy atom. The number of ether oxygens (including phenoxy) is 1. The quantitative estimate of drug-likeness (QED) is 0.234. The normalized spacial score (nSPS) is 32.2. The van der Waals surface area contributed by atoms with Crippen LogP contribution in [0.2, 0.25) is 0 Å². The van der Waals surface area contributed by atoms with Gasteiger partial charge in [-0.2, -0.15) is 9.05 Å². The first-order chi connectivity index (χ1) is 15.4. The predicted octanol–water partition coefficient (Wildman–Crippen LogP) is -3.11. The number of aromatic nitrogens is 2. The maximum absolute atomic E-state index is 12.8. The summed E-state index contributed by atoms with van der Waals surface area (Å²) in [4.78, 5) is 49.1. The SMILES string of the molecule is CNC(=O)CCS(=O)(=O)CC1CO[P+]([O-])(OC[C@H]2O[C@@H](n3ccc(=O)[nH]c3=O)[C@H](O)[C@@H]2O)S1. The van der Waals surface area contributed by atoms with E-state index in [1.165, 1.54) is 7.05 Å². The van der Waals surface area contributed by atoms with E-state index in [1.54, 1.807) is 0 Å². The number of H-pyrrole nitrogens is 1. The van der Waals surface area contributed by atoms with Crippen molar-refractivity contribution >= 4 is 34.3 Å². The summed E-state index contributed by atoms with van der Waals surface area (Å²) in [6.45, 7) is -0.638. The number of aliphatic hydroxyl groups is 2. The molecule has 3 rings (SSSR count). The molecule has 14 nitrogen and oxygen atoms in total. The van der Waals surface area contributed by atoms with Crippen molar-refractivity contribution < 1.29 is 42.1 Å². The second-order valence-electron chi connectivity index (χ2n) is 7.37. The fraction of sp³-hybridized carbons (Fsp3) is 0.688. The molecular weight excluding hydrogens is 505 g/mol. The Labute approximate surface area is 192 Å². The van der Waals surface area contributed by atoms with Gasteiger partial charge in [-0.3, -0.25) is 19.1 Å². The molecule has 0 radical (unpaired) electrons. The lowest BCUT2D eigenvalue weighted by Crippen LogP contribution is -2.37.